The second-order valence-electron chi connectivity index (χ2n) is 8.63. The van der Waals surface area contributed by atoms with E-state index in [0.29, 0.717) is 38.4 Å². The van der Waals surface area contributed by atoms with Gasteiger partial charge in [-0.2, -0.15) is 0 Å². The molecule has 178 valence electrons. The number of aromatic nitrogens is 2. The molecule has 0 aliphatic carbocycles. The van der Waals surface area contributed by atoms with Gasteiger partial charge in [-0.3, -0.25) is 9.29 Å². The Hall–Kier alpha value is -2.58. The third-order valence-corrected chi connectivity index (χ3v) is 6.30. The number of rotatable bonds is 10. The van der Waals surface area contributed by atoms with Crippen LogP contribution in [-0.2, 0) is 6.42 Å². The van der Waals surface area contributed by atoms with Crippen molar-refractivity contribution in [1.82, 2.24) is 20.2 Å². The first kappa shape index (κ1) is 23.6. The minimum Gasteiger partial charge on any atom is -0.476 e. The van der Waals surface area contributed by atoms with E-state index < -0.39 is 6.43 Å². The molecule has 0 saturated carbocycles. The van der Waals surface area contributed by atoms with Gasteiger partial charge in [-0.25, -0.2) is 13.8 Å². The minimum atomic E-state index is -2.43. The quantitative estimate of drug-likeness (QED) is 0.427. The van der Waals surface area contributed by atoms with Crippen LogP contribution in [0.25, 0.3) is 10.9 Å². The summed E-state index contributed by atoms with van der Waals surface area (Å²) in [5.74, 6) is 0.490. The Morgan fingerprint density at radius 2 is 2.09 bits per heavy atom. The molecule has 33 heavy (non-hydrogen) atoms. The van der Waals surface area contributed by atoms with E-state index in [1.54, 1.807) is 6.20 Å². The van der Waals surface area contributed by atoms with Gasteiger partial charge in [0, 0.05) is 41.4 Å². The van der Waals surface area contributed by atoms with Gasteiger partial charge in [0.1, 0.15) is 6.61 Å². The number of nitrogens with zero attached hydrogens (tertiary/aromatic N) is 2. The van der Waals surface area contributed by atoms with Gasteiger partial charge in [0.05, 0.1) is 19.3 Å². The third kappa shape index (κ3) is 5.17. The lowest BCUT2D eigenvalue weighted by molar-refractivity contribution is 0.0453. The number of aromatic amines is 1. The summed E-state index contributed by atoms with van der Waals surface area (Å²) < 4.78 is 45.0. The summed E-state index contributed by atoms with van der Waals surface area (Å²) in [7, 11) is 0. The number of para-hydroxylation sites is 1. The molecule has 2 aromatic heterocycles. The fraction of sp³-hybridized carbons (Fsp3) is 0.480. The maximum Gasteiger partial charge on any atom is 0.251 e. The van der Waals surface area contributed by atoms with Crippen LogP contribution in [0.1, 0.15) is 41.8 Å². The van der Waals surface area contributed by atoms with Gasteiger partial charge >= 0.3 is 0 Å². The number of benzene rings is 1. The standard InChI is InChI=1S/C25H31F3N4O/c1-16-12-23(33-11-10-29-9-5-8-26)30-14-20(16)25-24-19(13-17(2)32(25)15-22(27)28)18-6-3-4-7-21(18)31-24/h3-4,6-7,12,14,17,22,25,29,31H,5,8-11,13,15H2,1-2H3/t17-,25-/m1/s1. The van der Waals surface area contributed by atoms with Crippen LogP contribution in [0.3, 0.4) is 0 Å². The summed E-state index contributed by atoms with van der Waals surface area (Å²) in [5.41, 5.74) is 5.00. The van der Waals surface area contributed by atoms with Crippen molar-refractivity contribution in [3.05, 3.63) is 58.9 Å². The fourth-order valence-electron chi connectivity index (χ4n) is 4.74. The average molecular weight is 461 g/mol. The lowest BCUT2D eigenvalue weighted by Gasteiger charge is -2.41. The summed E-state index contributed by atoms with van der Waals surface area (Å²) in [6.07, 6.45) is 0.515. The van der Waals surface area contributed by atoms with Crippen molar-refractivity contribution in [2.24, 2.45) is 0 Å². The monoisotopic (exact) mass is 460 g/mol. The van der Waals surface area contributed by atoms with Gasteiger partial charge in [0.2, 0.25) is 5.88 Å². The lowest BCUT2D eigenvalue weighted by atomic mass is 9.88. The minimum absolute atomic E-state index is 0.0403. The Bertz CT molecular complexity index is 1070. The molecule has 0 unspecified atom stereocenters. The number of nitrogens with one attached hydrogen (secondary N) is 2. The average Bonchev–Trinajstić information content (AvgIpc) is 3.15. The molecule has 0 fully saturated rings. The summed E-state index contributed by atoms with van der Waals surface area (Å²) in [4.78, 5) is 9.86. The van der Waals surface area contributed by atoms with Gasteiger partial charge in [0.15, 0.2) is 0 Å². The molecule has 3 heterocycles. The van der Waals surface area contributed by atoms with Crippen molar-refractivity contribution in [3.63, 3.8) is 0 Å². The fourth-order valence-corrected chi connectivity index (χ4v) is 4.74. The molecular weight excluding hydrogens is 429 g/mol. The highest BCUT2D eigenvalue weighted by molar-refractivity contribution is 5.85. The summed E-state index contributed by atoms with van der Waals surface area (Å²) >= 11 is 0. The van der Waals surface area contributed by atoms with Crippen LogP contribution in [0, 0.1) is 6.92 Å². The van der Waals surface area contributed by atoms with E-state index >= 15 is 0 Å². The van der Waals surface area contributed by atoms with Crippen LogP contribution in [0.2, 0.25) is 0 Å². The van der Waals surface area contributed by atoms with E-state index in [9.17, 15) is 13.2 Å². The molecule has 4 rings (SSSR count). The maximum atomic E-state index is 13.6. The van der Waals surface area contributed by atoms with Crippen molar-refractivity contribution in [2.75, 3.05) is 32.9 Å². The van der Waals surface area contributed by atoms with Gasteiger partial charge in [-0.05, 0) is 56.0 Å². The number of hydrogen-bond acceptors (Lipinski definition) is 4. The molecule has 5 nitrogen and oxygen atoms in total. The number of halogens is 3. The first-order valence-electron chi connectivity index (χ1n) is 11.5. The zero-order valence-electron chi connectivity index (χ0n) is 19.1. The molecule has 0 radical (unpaired) electrons. The molecule has 3 aromatic rings. The van der Waals surface area contributed by atoms with Crippen LogP contribution >= 0.6 is 0 Å². The first-order chi connectivity index (χ1) is 16.0. The first-order valence-corrected chi connectivity index (χ1v) is 11.5. The highest BCUT2D eigenvalue weighted by Gasteiger charge is 2.37. The Kier molecular flexibility index (Phi) is 7.55. The summed E-state index contributed by atoms with van der Waals surface area (Å²) in [6.45, 7) is 4.96. The Balaban J connectivity index is 1.62. The zero-order chi connectivity index (χ0) is 23.4. The number of pyridine rings is 1. The van der Waals surface area contributed by atoms with Crippen LogP contribution in [0.4, 0.5) is 13.2 Å². The topological polar surface area (TPSA) is 53.2 Å². The summed E-state index contributed by atoms with van der Waals surface area (Å²) in [5, 5.41) is 4.26. The van der Waals surface area contributed by atoms with Crippen LogP contribution in [0.5, 0.6) is 5.88 Å². The predicted octanol–water partition coefficient (Wildman–Crippen LogP) is 4.80. The number of alkyl halides is 3. The Morgan fingerprint density at radius 1 is 1.27 bits per heavy atom. The Morgan fingerprint density at radius 3 is 2.85 bits per heavy atom. The van der Waals surface area contributed by atoms with Gasteiger partial charge in [-0.15, -0.1) is 0 Å². The molecule has 1 aliphatic rings. The maximum absolute atomic E-state index is 13.6. The van der Waals surface area contributed by atoms with Crippen LogP contribution in [0.15, 0.2) is 36.5 Å². The van der Waals surface area contributed by atoms with Crippen molar-refractivity contribution in [3.8, 4) is 5.88 Å². The van der Waals surface area contributed by atoms with E-state index in [2.05, 4.69) is 21.4 Å². The summed E-state index contributed by atoms with van der Waals surface area (Å²) in [6, 6.07) is 9.57. The number of aryl methyl sites for hydroxylation is 1. The second kappa shape index (κ2) is 10.6. The molecule has 8 heteroatoms. The second-order valence-corrected chi connectivity index (χ2v) is 8.63. The van der Waals surface area contributed by atoms with Crippen LogP contribution < -0.4 is 10.1 Å². The van der Waals surface area contributed by atoms with E-state index in [4.69, 9.17) is 4.74 Å². The predicted molar refractivity (Wildman–Crippen MR) is 124 cm³/mol. The molecule has 0 saturated heterocycles. The van der Waals surface area contributed by atoms with Gasteiger partial charge in [0.25, 0.3) is 6.43 Å². The highest BCUT2D eigenvalue weighted by Crippen LogP contribution is 2.42. The molecule has 0 amide bonds. The van der Waals surface area contributed by atoms with Gasteiger partial charge in [-0.1, -0.05) is 18.2 Å². The van der Waals surface area contributed by atoms with Crippen molar-refractivity contribution in [1.29, 1.82) is 0 Å². The SMILES string of the molecule is Cc1cc(OCCNCCCF)ncc1[C@@H]1c2[nH]c3ccccc3c2C[C@@H](C)N1CC(F)F. The third-order valence-electron chi connectivity index (χ3n) is 6.30. The molecule has 1 aromatic carbocycles. The highest BCUT2D eigenvalue weighted by atomic mass is 19.3. The number of hydrogen-bond donors (Lipinski definition) is 2. The van der Waals surface area contributed by atoms with Crippen molar-refractivity contribution in [2.45, 2.75) is 45.2 Å². The normalized spacial score (nSPS) is 18.7. The number of fused-ring (bicyclic) bond motifs is 3. The number of H-pyrrole nitrogens is 1. The molecule has 1 aliphatic heterocycles. The number of ether oxygens (including phenoxy) is 1. The zero-order valence-corrected chi connectivity index (χ0v) is 19.1. The van der Waals surface area contributed by atoms with E-state index in [1.807, 2.05) is 43.0 Å². The van der Waals surface area contributed by atoms with Crippen LogP contribution in [-0.4, -0.2) is 60.3 Å². The van der Waals surface area contributed by atoms with Crippen molar-refractivity contribution >= 4 is 10.9 Å². The Labute approximate surface area is 192 Å². The van der Waals surface area contributed by atoms with E-state index in [-0.39, 0.29) is 25.3 Å². The molecule has 0 spiro atoms. The molecule has 0 bridgehead atoms. The van der Waals surface area contributed by atoms with Crippen molar-refractivity contribution < 1.29 is 17.9 Å². The lowest BCUT2D eigenvalue weighted by Crippen LogP contribution is -2.45. The van der Waals surface area contributed by atoms with E-state index in [0.717, 1.165) is 27.7 Å². The van der Waals surface area contributed by atoms with E-state index in [1.165, 1.54) is 5.56 Å². The molecule has 2 atom stereocenters. The molecule has 2 N–H and O–H groups in total. The smallest absolute Gasteiger partial charge is 0.251 e. The van der Waals surface area contributed by atoms with Gasteiger partial charge < -0.3 is 15.0 Å². The molecular formula is C25H31F3N4O. The largest absolute Gasteiger partial charge is 0.476 e.